The molecule has 0 atom stereocenters. The van der Waals surface area contributed by atoms with E-state index in [1.807, 2.05) is 0 Å². The molecule has 0 bridgehead atoms. The van der Waals surface area contributed by atoms with Crippen molar-refractivity contribution in [3.63, 3.8) is 0 Å². The molecule has 7 heteroatoms. The van der Waals surface area contributed by atoms with Gasteiger partial charge in [0.1, 0.15) is 5.00 Å². The molecule has 1 amide bonds. The zero-order chi connectivity index (χ0) is 17.3. The summed E-state index contributed by atoms with van der Waals surface area (Å²) in [6, 6.07) is 5.08. The number of anilines is 1. The van der Waals surface area contributed by atoms with E-state index < -0.39 is 5.97 Å². The highest BCUT2D eigenvalue weighted by Crippen LogP contribution is 2.39. The summed E-state index contributed by atoms with van der Waals surface area (Å²) in [5.74, 6) is -0.755. The highest BCUT2D eigenvalue weighted by atomic mass is 79.9. The van der Waals surface area contributed by atoms with Crippen molar-refractivity contribution in [1.82, 2.24) is 0 Å². The number of amides is 1. The molecule has 24 heavy (non-hydrogen) atoms. The Morgan fingerprint density at radius 2 is 2.04 bits per heavy atom. The molecule has 1 aromatic heterocycles. The molecule has 3 rings (SSSR count). The number of aryl methyl sites for hydroxylation is 1. The molecule has 0 unspecified atom stereocenters. The first-order valence-corrected chi connectivity index (χ1v) is 9.49. The predicted octanol–water partition coefficient (Wildman–Crippen LogP) is 5.08. The number of hydrogen-bond acceptors (Lipinski definition) is 4. The van der Waals surface area contributed by atoms with Crippen LogP contribution in [0.2, 0.25) is 5.02 Å². The van der Waals surface area contributed by atoms with E-state index in [0.717, 1.165) is 40.6 Å². The van der Waals surface area contributed by atoms with Crippen LogP contribution in [0.1, 0.15) is 44.0 Å². The molecule has 1 aromatic carbocycles. The van der Waals surface area contributed by atoms with Gasteiger partial charge in [-0.3, -0.25) is 4.79 Å². The maximum absolute atomic E-state index is 12.6. The smallest absolute Gasteiger partial charge is 0.341 e. The molecule has 1 aliphatic carbocycles. The van der Waals surface area contributed by atoms with Gasteiger partial charge in [0.05, 0.1) is 23.3 Å². The SMILES string of the molecule is COC(=O)c1c(NC(=O)c2cc(Br)ccc2Cl)sc2c1CCCC2. The van der Waals surface area contributed by atoms with Crippen molar-refractivity contribution in [2.75, 3.05) is 12.4 Å². The number of methoxy groups -OCH3 is 1. The minimum Gasteiger partial charge on any atom is -0.465 e. The van der Waals surface area contributed by atoms with Gasteiger partial charge in [-0.25, -0.2) is 4.79 Å². The second kappa shape index (κ2) is 7.25. The van der Waals surface area contributed by atoms with Gasteiger partial charge in [0.25, 0.3) is 5.91 Å². The third-order valence-electron chi connectivity index (χ3n) is 3.96. The zero-order valence-corrected chi connectivity index (χ0v) is 16.1. The van der Waals surface area contributed by atoms with Crippen LogP contribution >= 0.6 is 38.9 Å². The number of carbonyl (C=O) groups is 2. The summed E-state index contributed by atoms with van der Waals surface area (Å²) in [5, 5.41) is 3.74. The summed E-state index contributed by atoms with van der Waals surface area (Å²) in [5.41, 5.74) is 1.85. The highest BCUT2D eigenvalue weighted by molar-refractivity contribution is 9.10. The minimum atomic E-state index is -0.412. The molecular formula is C17H15BrClNO3S. The maximum atomic E-state index is 12.6. The van der Waals surface area contributed by atoms with Crippen molar-refractivity contribution in [2.45, 2.75) is 25.7 Å². The first kappa shape index (κ1) is 17.5. The van der Waals surface area contributed by atoms with E-state index in [-0.39, 0.29) is 5.91 Å². The lowest BCUT2D eigenvalue weighted by Crippen LogP contribution is -2.15. The van der Waals surface area contributed by atoms with Crippen LogP contribution in [0.3, 0.4) is 0 Å². The number of ether oxygens (including phenoxy) is 1. The zero-order valence-electron chi connectivity index (χ0n) is 12.9. The summed E-state index contributed by atoms with van der Waals surface area (Å²) >= 11 is 10.9. The fourth-order valence-corrected chi connectivity index (χ4v) is 4.65. The van der Waals surface area contributed by atoms with Crippen LogP contribution in [0.5, 0.6) is 0 Å². The number of fused-ring (bicyclic) bond motifs is 1. The lowest BCUT2D eigenvalue weighted by molar-refractivity contribution is 0.0601. The second-order valence-electron chi connectivity index (χ2n) is 5.48. The van der Waals surface area contributed by atoms with Crippen LogP contribution in [0.4, 0.5) is 5.00 Å². The van der Waals surface area contributed by atoms with Crippen LogP contribution in [0.25, 0.3) is 0 Å². The quantitative estimate of drug-likeness (QED) is 0.693. The van der Waals surface area contributed by atoms with Gasteiger partial charge >= 0.3 is 5.97 Å². The Labute approximate surface area is 157 Å². The van der Waals surface area contributed by atoms with E-state index in [1.54, 1.807) is 18.2 Å². The van der Waals surface area contributed by atoms with E-state index in [9.17, 15) is 9.59 Å². The standard InChI is InChI=1S/C17H15BrClNO3S/c1-23-17(22)14-10-4-2-3-5-13(10)24-16(14)20-15(21)11-8-9(18)6-7-12(11)19/h6-8H,2-5H2,1H3,(H,20,21). The molecule has 1 heterocycles. The van der Waals surface area contributed by atoms with Gasteiger partial charge in [0.2, 0.25) is 0 Å². The first-order chi connectivity index (χ1) is 11.5. The maximum Gasteiger partial charge on any atom is 0.341 e. The Morgan fingerprint density at radius 3 is 2.79 bits per heavy atom. The van der Waals surface area contributed by atoms with Crippen LogP contribution in [0.15, 0.2) is 22.7 Å². The summed E-state index contributed by atoms with van der Waals surface area (Å²) < 4.78 is 5.67. The number of esters is 1. The predicted molar refractivity (Wildman–Crippen MR) is 99.4 cm³/mol. The molecule has 0 saturated carbocycles. The lowest BCUT2D eigenvalue weighted by atomic mass is 9.95. The van der Waals surface area contributed by atoms with Gasteiger partial charge in [-0.1, -0.05) is 27.5 Å². The van der Waals surface area contributed by atoms with E-state index in [0.29, 0.717) is 21.2 Å². The number of thiophene rings is 1. The average molecular weight is 429 g/mol. The van der Waals surface area contributed by atoms with E-state index >= 15 is 0 Å². The Morgan fingerprint density at radius 1 is 1.29 bits per heavy atom. The number of rotatable bonds is 3. The van der Waals surface area contributed by atoms with Crippen LogP contribution in [0, 0.1) is 0 Å². The number of carbonyl (C=O) groups excluding carboxylic acids is 2. The first-order valence-electron chi connectivity index (χ1n) is 7.50. The van der Waals surface area contributed by atoms with E-state index in [1.165, 1.54) is 18.4 Å². The van der Waals surface area contributed by atoms with Crippen molar-refractivity contribution >= 4 is 55.7 Å². The normalized spacial score (nSPS) is 13.3. The molecule has 2 aromatic rings. The van der Waals surface area contributed by atoms with Crippen molar-refractivity contribution in [1.29, 1.82) is 0 Å². The van der Waals surface area contributed by atoms with Crippen molar-refractivity contribution < 1.29 is 14.3 Å². The molecular weight excluding hydrogens is 414 g/mol. The Bertz CT molecular complexity index is 818. The molecule has 1 N–H and O–H groups in total. The topological polar surface area (TPSA) is 55.4 Å². The molecule has 1 aliphatic rings. The molecule has 0 spiro atoms. The summed E-state index contributed by atoms with van der Waals surface area (Å²) in [6.07, 6.45) is 3.90. The summed E-state index contributed by atoms with van der Waals surface area (Å²) in [4.78, 5) is 26.0. The molecule has 0 radical (unpaired) electrons. The van der Waals surface area contributed by atoms with E-state index in [2.05, 4.69) is 21.2 Å². The Kier molecular flexibility index (Phi) is 5.27. The minimum absolute atomic E-state index is 0.343. The number of nitrogens with one attached hydrogen (secondary N) is 1. The van der Waals surface area contributed by atoms with Gasteiger partial charge < -0.3 is 10.1 Å². The van der Waals surface area contributed by atoms with Crippen molar-refractivity contribution in [2.24, 2.45) is 0 Å². The fourth-order valence-electron chi connectivity index (χ4n) is 2.81. The third-order valence-corrected chi connectivity index (χ3v) is 5.99. The highest BCUT2D eigenvalue weighted by Gasteiger charge is 2.27. The van der Waals surface area contributed by atoms with Crippen LogP contribution < -0.4 is 5.32 Å². The average Bonchev–Trinajstić information content (AvgIpc) is 2.94. The van der Waals surface area contributed by atoms with E-state index in [4.69, 9.17) is 16.3 Å². The molecule has 4 nitrogen and oxygen atoms in total. The lowest BCUT2D eigenvalue weighted by Gasteiger charge is -2.12. The van der Waals surface area contributed by atoms with Gasteiger partial charge in [0, 0.05) is 9.35 Å². The largest absolute Gasteiger partial charge is 0.465 e. The number of hydrogen-bond donors (Lipinski definition) is 1. The number of benzene rings is 1. The van der Waals surface area contributed by atoms with Gasteiger partial charge in [0.15, 0.2) is 0 Å². The number of halogens is 2. The van der Waals surface area contributed by atoms with Gasteiger partial charge in [-0.05, 0) is 49.4 Å². The van der Waals surface area contributed by atoms with Gasteiger partial charge in [-0.2, -0.15) is 0 Å². The summed E-state index contributed by atoms with van der Waals surface area (Å²) in [7, 11) is 1.35. The monoisotopic (exact) mass is 427 g/mol. The van der Waals surface area contributed by atoms with Gasteiger partial charge in [-0.15, -0.1) is 11.3 Å². The van der Waals surface area contributed by atoms with Crippen molar-refractivity contribution in [3.8, 4) is 0 Å². The molecule has 0 saturated heterocycles. The summed E-state index contributed by atoms with van der Waals surface area (Å²) in [6.45, 7) is 0. The van der Waals surface area contributed by atoms with Crippen LogP contribution in [-0.2, 0) is 17.6 Å². The molecule has 126 valence electrons. The van der Waals surface area contributed by atoms with Crippen molar-refractivity contribution in [3.05, 3.63) is 49.3 Å². The molecule has 0 aliphatic heterocycles. The van der Waals surface area contributed by atoms with Crippen LogP contribution in [-0.4, -0.2) is 19.0 Å². The Balaban J connectivity index is 1.97. The molecule has 0 fully saturated rings. The Hall–Kier alpha value is -1.37. The fraction of sp³-hybridized carbons (Fsp3) is 0.294. The third kappa shape index (κ3) is 3.36. The second-order valence-corrected chi connectivity index (χ2v) is 7.91.